The van der Waals surface area contributed by atoms with Crippen LogP contribution in [0.4, 0.5) is 0 Å². The first-order chi connectivity index (χ1) is 32.1. The van der Waals surface area contributed by atoms with E-state index in [-0.39, 0.29) is 25.5 Å². The standard InChI is InChI=1S/C43H36N3O.C18H24GeN.Ir/c1-26-13-12-14-27(2)38(26)35-23-22-31-39-28(3)19-21-32(40(39)47-42(31)45-35)41-44-34-17-10-11-18-37(34)46(41)36-24-20-30(25-33(36)43(4,5)6)29-15-8-7-9-16-29;1-14(2)11-16-12-18(15-9-7-6-8-10-15)20-13-17(16)19(3,4)5;/h7-20,22-25H,1-6H3;6-9,12-14H,11H2,1-5H3;/q2*-1;. The van der Waals surface area contributed by atoms with Gasteiger partial charge in [0.05, 0.1) is 28.1 Å². The number of imidazole rings is 1. The molecule has 5 nitrogen and oxygen atoms in total. The minimum atomic E-state index is -1.86. The predicted molar refractivity (Wildman–Crippen MR) is 284 cm³/mol. The molecule has 0 spiro atoms. The number of furan rings is 1. The Kier molecular flexibility index (Phi) is 14.0. The van der Waals surface area contributed by atoms with Gasteiger partial charge < -0.3 is 8.98 Å². The molecule has 4 heterocycles. The largest absolute Gasteiger partial charge is 0.486 e. The molecule has 7 heteroatoms. The van der Waals surface area contributed by atoms with Crippen LogP contribution < -0.4 is 4.40 Å². The first-order valence-electron chi connectivity index (χ1n) is 23.5. The van der Waals surface area contributed by atoms with Gasteiger partial charge in [-0.3, -0.25) is 4.98 Å². The molecule has 0 aliphatic carbocycles. The maximum Gasteiger partial charge on any atom is 0.216 e. The quantitative estimate of drug-likeness (QED) is 0.112. The summed E-state index contributed by atoms with van der Waals surface area (Å²) in [4.78, 5) is 15.0. The molecule has 0 saturated heterocycles. The second kappa shape index (κ2) is 19.6. The van der Waals surface area contributed by atoms with Gasteiger partial charge in [-0.1, -0.05) is 105 Å². The Bertz CT molecular complexity index is 3390. The van der Waals surface area contributed by atoms with E-state index in [0.717, 1.165) is 79.0 Å². The minimum absolute atomic E-state index is 0. The summed E-state index contributed by atoms with van der Waals surface area (Å²) in [6.45, 7) is 17.8. The molecule has 0 bridgehead atoms. The van der Waals surface area contributed by atoms with E-state index < -0.39 is 13.3 Å². The van der Waals surface area contributed by atoms with Crippen molar-refractivity contribution in [2.45, 2.75) is 84.5 Å². The molecule has 0 amide bonds. The Morgan fingerprint density at radius 2 is 1.43 bits per heavy atom. The van der Waals surface area contributed by atoms with E-state index in [4.69, 9.17) is 19.4 Å². The second-order valence-electron chi connectivity index (χ2n) is 20.4. The molecule has 10 rings (SSSR count). The fourth-order valence-electron chi connectivity index (χ4n) is 9.45. The number of pyridine rings is 2. The number of para-hydroxylation sites is 2. The summed E-state index contributed by atoms with van der Waals surface area (Å²) < 4.78 is 10.6. The van der Waals surface area contributed by atoms with Gasteiger partial charge in [0, 0.05) is 36.7 Å². The van der Waals surface area contributed by atoms with Crippen molar-refractivity contribution in [3.05, 3.63) is 186 Å². The van der Waals surface area contributed by atoms with Crippen molar-refractivity contribution < 1.29 is 24.5 Å². The zero-order chi connectivity index (χ0) is 47.2. The molecular weight excluding hydrogens is 1070 g/mol. The number of nitrogens with zero attached hydrogens (tertiary/aromatic N) is 4. The maximum absolute atomic E-state index is 6.73. The fourth-order valence-corrected chi connectivity index (χ4v) is 12.8. The summed E-state index contributed by atoms with van der Waals surface area (Å²) in [5, 5.41) is 2.04. The fraction of sp³-hybridized carbons (Fsp3) is 0.230. The third-order valence-electron chi connectivity index (χ3n) is 12.7. The summed E-state index contributed by atoms with van der Waals surface area (Å²) in [5.74, 6) is 8.79. The molecule has 4 aromatic heterocycles. The maximum atomic E-state index is 6.73. The van der Waals surface area contributed by atoms with Crippen molar-refractivity contribution in [2.24, 2.45) is 5.92 Å². The van der Waals surface area contributed by atoms with E-state index in [9.17, 15) is 0 Å². The van der Waals surface area contributed by atoms with Crippen LogP contribution in [0.3, 0.4) is 0 Å². The average Bonchev–Trinajstić information content (AvgIpc) is 3.88. The molecule has 0 unspecified atom stereocenters. The first kappa shape index (κ1) is 48.5. The smallest absolute Gasteiger partial charge is 0.216 e. The van der Waals surface area contributed by atoms with Gasteiger partial charge in [0.15, 0.2) is 0 Å². The van der Waals surface area contributed by atoms with Crippen molar-refractivity contribution in [3.63, 3.8) is 0 Å². The van der Waals surface area contributed by atoms with E-state index in [0.29, 0.717) is 11.6 Å². The van der Waals surface area contributed by atoms with E-state index in [1.165, 1.54) is 33.4 Å². The molecule has 0 saturated carbocycles. The minimum Gasteiger partial charge on any atom is -0.486 e. The van der Waals surface area contributed by atoms with E-state index >= 15 is 0 Å². The Morgan fingerprint density at radius 3 is 2.12 bits per heavy atom. The first-order valence-corrected chi connectivity index (χ1v) is 30.9. The van der Waals surface area contributed by atoms with Gasteiger partial charge in [0.2, 0.25) is 5.71 Å². The van der Waals surface area contributed by atoms with Crippen molar-refractivity contribution in [3.8, 4) is 50.7 Å². The van der Waals surface area contributed by atoms with Gasteiger partial charge in [-0.25, -0.2) is 4.98 Å². The molecule has 1 radical (unpaired) electrons. The molecule has 0 atom stereocenters. The zero-order valence-corrected chi connectivity index (χ0v) is 45.7. The summed E-state index contributed by atoms with van der Waals surface area (Å²) in [5.41, 5.74) is 17.9. The molecule has 0 N–H and O–H groups in total. The van der Waals surface area contributed by atoms with E-state index in [2.05, 4.69) is 211 Å². The predicted octanol–water partition coefficient (Wildman–Crippen LogP) is 15.6. The van der Waals surface area contributed by atoms with Gasteiger partial charge in [0.1, 0.15) is 0 Å². The van der Waals surface area contributed by atoms with Crippen LogP contribution in [0.2, 0.25) is 17.3 Å². The number of fused-ring (bicyclic) bond motifs is 4. The molecule has 0 fully saturated rings. The Labute approximate surface area is 418 Å². The van der Waals surface area contributed by atoms with Gasteiger partial charge in [-0.05, 0) is 83.5 Å². The summed E-state index contributed by atoms with van der Waals surface area (Å²) in [6, 6.07) is 55.6. The van der Waals surface area contributed by atoms with Crippen LogP contribution in [0.25, 0.3) is 83.8 Å². The SMILES string of the molecule is CC(C)Cc1cc(-c2[c-]cccc2)nc[c]1[Ge]([CH3])([CH3])[CH3].Cc1cccc(C)c1-c1ccc2c(n1)oc1c(-c3nc4ccccc4n3-c3ccc(-c4ccccc4)cc3C(C)(C)C)[c-]cc(C)c12.[Ir]. The molecule has 68 heavy (non-hydrogen) atoms. The van der Waals surface area contributed by atoms with Crippen molar-refractivity contribution >= 4 is 50.8 Å². The summed E-state index contributed by atoms with van der Waals surface area (Å²) in [7, 11) is 0. The number of benzene rings is 6. The number of hydrogen-bond donors (Lipinski definition) is 0. The number of hydrogen-bond acceptors (Lipinski definition) is 4. The monoisotopic (exact) mass is 1130 g/mol. The van der Waals surface area contributed by atoms with Crippen LogP contribution in [0.15, 0.2) is 150 Å². The zero-order valence-electron chi connectivity index (χ0n) is 41.2. The van der Waals surface area contributed by atoms with Gasteiger partial charge in [0.25, 0.3) is 0 Å². The van der Waals surface area contributed by atoms with Crippen molar-refractivity contribution in [2.75, 3.05) is 0 Å². The Hall–Kier alpha value is -5.92. The normalized spacial score (nSPS) is 11.8. The third-order valence-corrected chi connectivity index (χ3v) is 17.0. The average molecular weight is 1130 g/mol. The van der Waals surface area contributed by atoms with Crippen LogP contribution in [0, 0.1) is 38.8 Å². The molecular formula is C61H60GeIrN4O-2. The number of aromatic nitrogens is 4. The van der Waals surface area contributed by atoms with E-state index in [1.807, 2.05) is 24.3 Å². The van der Waals surface area contributed by atoms with Crippen LogP contribution >= 0.6 is 0 Å². The number of rotatable bonds is 8. The molecule has 10 aromatic rings. The van der Waals surface area contributed by atoms with E-state index in [1.54, 1.807) is 4.40 Å². The summed E-state index contributed by atoms with van der Waals surface area (Å²) >= 11 is -1.86. The molecule has 0 aliphatic rings. The Morgan fingerprint density at radius 1 is 0.706 bits per heavy atom. The van der Waals surface area contributed by atoms with Gasteiger partial charge in [-0.15, -0.1) is 17.7 Å². The topological polar surface area (TPSA) is 56.7 Å². The third kappa shape index (κ3) is 9.69. The van der Waals surface area contributed by atoms with Crippen molar-refractivity contribution in [1.82, 2.24) is 19.5 Å². The van der Waals surface area contributed by atoms with Gasteiger partial charge in [-0.2, -0.15) is 0 Å². The van der Waals surface area contributed by atoms with Crippen LogP contribution in [-0.4, -0.2) is 32.8 Å². The Balaban J connectivity index is 0.000000251. The van der Waals surface area contributed by atoms with Crippen LogP contribution in [0.5, 0.6) is 0 Å². The van der Waals surface area contributed by atoms with Crippen molar-refractivity contribution in [1.29, 1.82) is 0 Å². The number of aryl methyl sites for hydroxylation is 3. The second-order valence-corrected chi connectivity index (χ2v) is 31.0. The summed E-state index contributed by atoms with van der Waals surface area (Å²) in [6.07, 6.45) is 3.27. The van der Waals surface area contributed by atoms with Gasteiger partial charge >= 0.3 is 126 Å². The van der Waals surface area contributed by atoms with Crippen LogP contribution in [-0.2, 0) is 31.9 Å². The molecule has 6 aromatic carbocycles. The molecule has 0 aliphatic heterocycles. The van der Waals surface area contributed by atoms with Crippen LogP contribution in [0.1, 0.15) is 62.4 Å². The molecule has 345 valence electrons.